The van der Waals surface area contributed by atoms with Crippen LogP contribution in [-0.2, 0) is 0 Å². The van der Waals surface area contributed by atoms with E-state index in [1.165, 1.54) is 23.1 Å². The van der Waals surface area contributed by atoms with Crippen LogP contribution in [0.15, 0.2) is 24.3 Å². The van der Waals surface area contributed by atoms with Gasteiger partial charge in [0, 0.05) is 12.1 Å². The predicted molar refractivity (Wildman–Crippen MR) is 75.3 cm³/mol. The summed E-state index contributed by atoms with van der Waals surface area (Å²) in [5.74, 6) is -0.475. The third-order valence-corrected chi connectivity index (χ3v) is 3.45. The van der Waals surface area contributed by atoms with Crippen LogP contribution in [0.1, 0.15) is 38.8 Å². The van der Waals surface area contributed by atoms with Crippen molar-refractivity contribution in [3.05, 3.63) is 35.6 Å². The summed E-state index contributed by atoms with van der Waals surface area (Å²) in [5, 5.41) is 0. The van der Waals surface area contributed by atoms with E-state index >= 15 is 0 Å². The number of benzene rings is 1. The minimum absolute atomic E-state index is 0.363. The van der Waals surface area contributed by atoms with E-state index in [9.17, 15) is 17.6 Å². The fourth-order valence-electron chi connectivity index (χ4n) is 2.41. The summed E-state index contributed by atoms with van der Waals surface area (Å²) in [7, 11) is 0. The molecule has 0 aliphatic heterocycles. The zero-order valence-corrected chi connectivity index (χ0v) is 12.5. The molecule has 1 rings (SSSR count). The van der Waals surface area contributed by atoms with Crippen LogP contribution >= 0.6 is 0 Å². The molecule has 0 bridgehead atoms. The lowest BCUT2D eigenvalue weighted by Crippen LogP contribution is -2.48. The van der Waals surface area contributed by atoms with E-state index < -0.39 is 30.6 Å². The maximum atomic E-state index is 13.4. The van der Waals surface area contributed by atoms with E-state index in [-0.39, 0.29) is 6.04 Å². The van der Waals surface area contributed by atoms with Crippen molar-refractivity contribution >= 4 is 0 Å². The number of halogens is 4. The van der Waals surface area contributed by atoms with Crippen molar-refractivity contribution in [2.24, 2.45) is 5.73 Å². The Balaban J connectivity index is 3.21. The van der Waals surface area contributed by atoms with Crippen LogP contribution in [0.4, 0.5) is 17.6 Å². The molecule has 6 heteroatoms. The van der Waals surface area contributed by atoms with Crippen molar-refractivity contribution in [3.63, 3.8) is 0 Å². The van der Waals surface area contributed by atoms with Gasteiger partial charge in [0.2, 0.25) is 0 Å². The van der Waals surface area contributed by atoms with Crippen molar-refractivity contribution < 1.29 is 17.6 Å². The molecular formula is C15H22F4N2. The Kier molecular flexibility index (Phi) is 6.16. The second kappa shape index (κ2) is 7.22. The minimum Gasteiger partial charge on any atom is -0.326 e. The van der Waals surface area contributed by atoms with E-state index in [4.69, 9.17) is 5.73 Å². The van der Waals surface area contributed by atoms with Gasteiger partial charge in [-0.25, -0.2) is 4.39 Å². The van der Waals surface area contributed by atoms with Crippen LogP contribution in [-0.4, -0.2) is 29.7 Å². The fourth-order valence-corrected chi connectivity index (χ4v) is 2.41. The Morgan fingerprint density at radius 2 is 1.86 bits per heavy atom. The summed E-state index contributed by atoms with van der Waals surface area (Å²) in [6, 6.07) is 4.09. The number of alkyl halides is 3. The van der Waals surface area contributed by atoms with E-state index in [1.807, 2.05) is 6.92 Å². The van der Waals surface area contributed by atoms with Gasteiger partial charge < -0.3 is 5.73 Å². The predicted octanol–water partition coefficient (Wildman–Crippen LogP) is 3.88. The topological polar surface area (TPSA) is 29.3 Å². The van der Waals surface area contributed by atoms with E-state index in [0.29, 0.717) is 12.0 Å². The van der Waals surface area contributed by atoms with Gasteiger partial charge >= 0.3 is 6.18 Å². The van der Waals surface area contributed by atoms with Crippen LogP contribution in [0.25, 0.3) is 0 Å². The Hall–Kier alpha value is -1.14. The van der Waals surface area contributed by atoms with Crippen LogP contribution < -0.4 is 5.73 Å². The highest BCUT2D eigenvalue weighted by molar-refractivity contribution is 5.22. The van der Waals surface area contributed by atoms with Crippen LogP contribution in [0.3, 0.4) is 0 Å². The number of hydrogen-bond acceptors (Lipinski definition) is 2. The normalized spacial score (nSPS) is 15.5. The molecule has 0 amide bonds. The van der Waals surface area contributed by atoms with Gasteiger partial charge in [-0.2, -0.15) is 13.2 Å². The molecule has 0 radical (unpaired) electrons. The first-order valence-electron chi connectivity index (χ1n) is 6.99. The molecule has 1 aromatic carbocycles. The zero-order valence-electron chi connectivity index (χ0n) is 12.5. The maximum absolute atomic E-state index is 13.4. The highest BCUT2D eigenvalue weighted by atomic mass is 19.4. The molecule has 0 spiro atoms. The van der Waals surface area contributed by atoms with Crippen LogP contribution in [0, 0.1) is 5.82 Å². The third kappa shape index (κ3) is 5.28. The molecule has 1 aromatic rings. The van der Waals surface area contributed by atoms with Gasteiger partial charge in [0.15, 0.2) is 0 Å². The van der Waals surface area contributed by atoms with Gasteiger partial charge in [0.25, 0.3) is 0 Å². The summed E-state index contributed by atoms with van der Waals surface area (Å²) >= 11 is 0. The van der Waals surface area contributed by atoms with Crippen molar-refractivity contribution in [2.45, 2.75) is 51.5 Å². The molecular weight excluding hydrogens is 284 g/mol. The first-order chi connectivity index (χ1) is 9.65. The van der Waals surface area contributed by atoms with E-state index in [1.54, 1.807) is 19.9 Å². The SMILES string of the molecule is CCC(N)C(c1cccc(F)c1)N(CC(F)(F)F)C(C)C. The molecule has 0 aromatic heterocycles. The first kappa shape index (κ1) is 17.9. The van der Waals surface area contributed by atoms with Gasteiger partial charge in [-0.05, 0) is 38.0 Å². The number of rotatable bonds is 6. The molecule has 21 heavy (non-hydrogen) atoms. The summed E-state index contributed by atoms with van der Waals surface area (Å²) in [5.41, 5.74) is 6.50. The molecule has 2 nitrogen and oxygen atoms in total. The van der Waals surface area contributed by atoms with Gasteiger partial charge in [0.05, 0.1) is 12.6 Å². The van der Waals surface area contributed by atoms with Crippen LogP contribution in [0.5, 0.6) is 0 Å². The average Bonchev–Trinajstić information content (AvgIpc) is 2.36. The molecule has 0 aliphatic carbocycles. The third-order valence-electron chi connectivity index (χ3n) is 3.45. The molecule has 0 saturated heterocycles. The smallest absolute Gasteiger partial charge is 0.326 e. The van der Waals surface area contributed by atoms with Crippen molar-refractivity contribution in [1.29, 1.82) is 0 Å². The standard InChI is InChI=1S/C15H22F4N2/c1-4-13(20)14(11-6-5-7-12(16)8-11)21(10(2)3)9-15(17,18)19/h5-8,10,13-14H,4,9,20H2,1-3H3. The summed E-state index contributed by atoms with van der Waals surface area (Å²) in [4.78, 5) is 1.28. The second-order valence-electron chi connectivity index (χ2n) is 5.45. The first-order valence-corrected chi connectivity index (χ1v) is 6.99. The summed E-state index contributed by atoms with van der Waals surface area (Å²) < 4.78 is 51.9. The lowest BCUT2D eigenvalue weighted by atomic mass is 9.95. The van der Waals surface area contributed by atoms with Crippen molar-refractivity contribution in [1.82, 2.24) is 4.90 Å². The van der Waals surface area contributed by atoms with Gasteiger partial charge in [0.1, 0.15) is 5.82 Å². The zero-order chi connectivity index (χ0) is 16.2. The van der Waals surface area contributed by atoms with Crippen molar-refractivity contribution in [2.75, 3.05) is 6.54 Å². The lowest BCUT2D eigenvalue weighted by Gasteiger charge is -2.38. The van der Waals surface area contributed by atoms with Crippen LogP contribution in [0.2, 0.25) is 0 Å². The average molecular weight is 306 g/mol. The molecule has 2 N–H and O–H groups in total. The molecule has 0 heterocycles. The maximum Gasteiger partial charge on any atom is 0.401 e. The van der Waals surface area contributed by atoms with Gasteiger partial charge in [-0.15, -0.1) is 0 Å². The molecule has 2 unspecified atom stereocenters. The Labute approximate surface area is 122 Å². The van der Waals surface area contributed by atoms with E-state index in [2.05, 4.69) is 0 Å². The molecule has 0 aliphatic rings. The highest BCUT2D eigenvalue weighted by Crippen LogP contribution is 2.31. The monoisotopic (exact) mass is 306 g/mol. The Morgan fingerprint density at radius 3 is 2.29 bits per heavy atom. The minimum atomic E-state index is -4.33. The van der Waals surface area contributed by atoms with Gasteiger partial charge in [-0.3, -0.25) is 4.90 Å². The quantitative estimate of drug-likeness (QED) is 0.808. The molecule has 0 fully saturated rings. The summed E-state index contributed by atoms with van der Waals surface area (Å²) in [6.07, 6.45) is -3.83. The molecule has 2 atom stereocenters. The fraction of sp³-hybridized carbons (Fsp3) is 0.600. The largest absolute Gasteiger partial charge is 0.401 e. The molecule has 120 valence electrons. The van der Waals surface area contributed by atoms with Gasteiger partial charge in [-0.1, -0.05) is 19.1 Å². The Bertz CT molecular complexity index is 446. The summed E-state index contributed by atoms with van der Waals surface area (Å²) in [6.45, 7) is 4.10. The highest BCUT2D eigenvalue weighted by Gasteiger charge is 2.37. The number of nitrogens with two attached hydrogens (primary N) is 1. The molecule has 0 saturated carbocycles. The number of hydrogen-bond donors (Lipinski definition) is 1. The Morgan fingerprint density at radius 1 is 1.24 bits per heavy atom. The second-order valence-corrected chi connectivity index (χ2v) is 5.45. The van der Waals surface area contributed by atoms with Crippen molar-refractivity contribution in [3.8, 4) is 0 Å². The lowest BCUT2D eigenvalue weighted by molar-refractivity contribution is -0.156. The number of nitrogens with zero attached hydrogens (tertiary/aromatic N) is 1. The van der Waals surface area contributed by atoms with E-state index in [0.717, 1.165) is 0 Å².